The Hall–Kier alpha value is -1.11. The number of ether oxygens (including phenoxy) is 1. The fraction of sp³-hybridized carbons (Fsp3) is 0.545. The number of hydrogen-bond donors (Lipinski definition) is 1. The molecule has 0 aliphatic carbocycles. The van der Waals surface area contributed by atoms with Crippen molar-refractivity contribution in [2.45, 2.75) is 6.42 Å². The van der Waals surface area contributed by atoms with Crippen molar-refractivity contribution in [1.82, 2.24) is 9.38 Å². The minimum atomic E-state index is 0.654. The van der Waals surface area contributed by atoms with Crippen LogP contribution < -0.4 is 10.6 Å². The lowest BCUT2D eigenvalue weighted by atomic mass is 10.3. The highest BCUT2D eigenvalue weighted by Crippen LogP contribution is 2.25. The van der Waals surface area contributed by atoms with E-state index < -0.39 is 0 Å². The van der Waals surface area contributed by atoms with Gasteiger partial charge in [-0.25, -0.2) is 4.98 Å². The van der Waals surface area contributed by atoms with Crippen LogP contribution in [0, 0.1) is 0 Å². The Morgan fingerprint density at radius 3 is 3.00 bits per heavy atom. The molecular formula is C11H16N4OS. The number of nitrogens with two attached hydrogens (primary N) is 1. The SMILES string of the molecule is NCCc1c(N2CCOCC2)nc2sccn12. The first kappa shape index (κ1) is 11.0. The van der Waals surface area contributed by atoms with Crippen LogP contribution in [-0.2, 0) is 11.2 Å². The van der Waals surface area contributed by atoms with Crippen LogP contribution in [0.1, 0.15) is 5.69 Å². The highest BCUT2D eigenvalue weighted by molar-refractivity contribution is 7.15. The highest BCUT2D eigenvalue weighted by atomic mass is 32.1. The van der Waals surface area contributed by atoms with Crippen LogP contribution in [0.5, 0.6) is 0 Å². The van der Waals surface area contributed by atoms with Gasteiger partial charge in [-0.15, -0.1) is 11.3 Å². The first-order valence-corrected chi connectivity index (χ1v) is 6.75. The largest absolute Gasteiger partial charge is 0.378 e. The summed E-state index contributed by atoms with van der Waals surface area (Å²) < 4.78 is 7.53. The number of hydrogen-bond acceptors (Lipinski definition) is 5. The van der Waals surface area contributed by atoms with E-state index in [2.05, 4.69) is 20.9 Å². The van der Waals surface area contributed by atoms with Gasteiger partial charge in [-0.3, -0.25) is 4.40 Å². The molecule has 17 heavy (non-hydrogen) atoms. The molecule has 0 spiro atoms. The quantitative estimate of drug-likeness (QED) is 0.875. The van der Waals surface area contributed by atoms with E-state index >= 15 is 0 Å². The fourth-order valence-corrected chi connectivity index (χ4v) is 2.95. The average Bonchev–Trinajstić information content (AvgIpc) is 2.93. The van der Waals surface area contributed by atoms with Crippen LogP contribution in [0.25, 0.3) is 4.96 Å². The van der Waals surface area contributed by atoms with E-state index in [1.807, 2.05) is 0 Å². The zero-order valence-electron chi connectivity index (χ0n) is 9.63. The van der Waals surface area contributed by atoms with Gasteiger partial charge in [0.2, 0.25) is 0 Å². The smallest absolute Gasteiger partial charge is 0.195 e. The van der Waals surface area contributed by atoms with Crippen molar-refractivity contribution in [2.75, 3.05) is 37.7 Å². The Morgan fingerprint density at radius 2 is 2.24 bits per heavy atom. The van der Waals surface area contributed by atoms with Crippen LogP contribution in [0.4, 0.5) is 5.82 Å². The lowest BCUT2D eigenvalue weighted by molar-refractivity contribution is 0.122. The van der Waals surface area contributed by atoms with E-state index in [1.54, 1.807) is 11.3 Å². The molecule has 0 amide bonds. The molecule has 6 heteroatoms. The van der Waals surface area contributed by atoms with E-state index in [0.29, 0.717) is 6.54 Å². The number of nitrogens with zero attached hydrogens (tertiary/aromatic N) is 3. The molecule has 0 atom stereocenters. The molecule has 0 unspecified atom stereocenters. The van der Waals surface area contributed by atoms with E-state index in [9.17, 15) is 0 Å². The minimum Gasteiger partial charge on any atom is -0.378 e. The molecule has 1 fully saturated rings. The van der Waals surface area contributed by atoms with Crippen molar-refractivity contribution < 1.29 is 4.74 Å². The van der Waals surface area contributed by atoms with Gasteiger partial charge in [0.1, 0.15) is 0 Å². The molecule has 3 heterocycles. The lowest BCUT2D eigenvalue weighted by Gasteiger charge is -2.27. The first-order valence-electron chi connectivity index (χ1n) is 5.87. The second kappa shape index (κ2) is 4.64. The third kappa shape index (κ3) is 1.92. The molecule has 0 aromatic carbocycles. The summed E-state index contributed by atoms with van der Waals surface area (Å²) in [6.07, 6.45) is 2.94. The Morgan fingerprint density at radius 1 is 1.41 bits per heavy atom. The van der Waals surface area contributed by atoms with Gasteiger partial charge in [-0.2, -0.15) is 0 Å². The summed E-state index contributed by atoms with van der Waals surface area (Å²) in [6, 6.07) is 0. The topological polar surface area (TPSA) is 55.8 Å². The molecule has 2 aromatic heterocycles. The number of rotatable bonds is 3. The number of imidazole rings is 1. The molecule has 2 aromatic rings. The van der Waals surface area contributed by atoms with Gasteiger partial charge in [0.15, 0.2) is 10.8 Å². The Kier molecular flexibility index (Phi) is 3.00. The molecule has 1 aliphatic rings. The van der Waals surface area contributed by atoms with Gasteiger partial charge in [-0.05, 0) is 6.54 Å². The number of aromatic nitrogens is 2. The van der Waals surface area contributed by atoms with Gasteiger partial charge >= 0.3 is 0 Å². The second-order valence-electron chi connectivity index (χ2n) is 4.08. The predicted molar refractivity (Wildman–Crippen MR) is 68.9 cm³/mol. The summed E-state index contributed by atoms with van der Waals surface area (Å²) in [7, 11) is 0. The van der Waals surface area contributed by atoms with E-state index in [0.717, 1.165) is 43.5 Å². The monoisotopic (exact) mass is 252 g/mol. The number of anilines is 1. The zero-order chi connectivity index (χ0) is 11.7. The van der Waals surface area contributed by atoms with Crippen molar-refractivity contribution in [3.05, 3.63) is 17.3 Å². The summed E-state index contributed by atoms with van der Waals surface area (Å²) in [4.78, 5) is 8.06. The molecule has 0 saturated carbocycles. The maximum Gasteiger partial charge on any atom is 0.195 e. The summed E-state index contributed by atoms with van der Waals surface area (Å²) in [5.74, 6) is 1.09. The van der Waals surface area contributed by atoms with Crippen molar-refractivity contribution in [1.29, 1.82) is 0 Å². The van der Waals surface area contributed by atoms with Crippen LogP contribution in [0.2, 0.25) is 0 Å². The van der Waals surface area contributed by atoms with Gasteiger partial charge in [0, 0.05) is 31.1 Å². The maximum absolute atomic E-state index is 5.70. The van der Waals surface area contributed by atoms with E-state index in [1.165, 1.54) is 5.69 Å². The van der Waals surface area contributed by atoms with Gasteiger partial charge in [0.05, 0.1) is 18.9 Å². The Balaban J connectivity index is 2.00. The summed E-state index contributed by atoms with van der Waals surface area (Å²) in [6.45, 7) is 4.06. The maximum atomic E-state index is 5.70. The van der Waals surface area contributed by atoms with Crippen molar-refractivity contribution in [2.24, 2.45) is 5.73 Å². The minimum absolute atomic E-state index is 0.654. The number of fused-ring (bicyclic) bond motifs is 1. The zero-order valence-corrected chi connectivity index (χ0v) is 10.4. The highest BCUT2D eigenvalue weighted by Gasteiger charge is 2.20. The third-order valence-corrected chi connectivity index (χ3v) is 3.79. The van der Waals surface area contributed by atoms with Gasteiger partial charge in [0.25, 0.3) is 0 Å². The molecule has 92 valence electrons. The molecule has 0 radical (unpaired) electrons. The van der Waals surface area contributed by atoms with Crippen LogP contribution >= 0.6 is 11.3 Å². The molecule has 1 saturated heterocycles. The van der Waals surface area contributed by atoms with Gasteiger partial charge in [-0.1, -0.05) is 0 Å². The standard InChI is InChI=1S/C11H16N4OS/c12-2-1-9-10(14-3-6-16-7-4-14)13-11-15(9)5-8-17-11/h5,8H,1-4,6-7,12H2. The molecule has 3 rings (SSSR count). The molecule has 5 nitrogen and oxygen atoms in total. The average molecular weight is 252 g/mol. The predicted octanol–water partition coefficient (Wildman–Crippen LogP) is 0.734. The van der Waals surface area contributed by atoms with Crippen LogP contribution in [-0.4, -0.2) is 42.2 Å². The molecule has 0 bridgehead atoms. The number of thiazole rings is 1. The van der Waals surface area contributed by atoms with E-state index in [4.69, 9.17) is 15.5 Å². The van der Waals surface area contributed by atoms with Gasteiger partial charge < -0.3 is 15.4 Å². The third-order valence-electron chi connectivity index (χ3n) is 3.03. The normalized spacial score (nSPS) is 16.9. The van der Waals surface area contributed by atoms with Crippen LogP contribution in [0.3, 0.4) is 0 Å². The van der Waals surface area contributed by atoms with Crippen molar-refractivity contribution >= 4 is 22.1 Å². The lowest BCUT2D eigenvalue weighted by Crippen LogP contribution is -2.37. The molecule has 2 N–H and O–H groups in total. The van der Waals surface area contributed by atoms with Crippen LogP contribution in [0.15, 0.2) is 11.6 Å². The van der Waals surface area contributed by atoms with Crippen molar-refractivity contribution in [3.63, 3.8) is 0 Å². The fourth-order valence-electron chi connectivity index (χ4n) is 2.22. The molecular weight excluding hydrogens is 236 g/mol. The summed E-state index contributed by atoms with van der Waals surface area (Å²) in [5, 5.41) is 2.06. The Bertz CT molecular complexity index is 501. The van der Waals surface area contributed by atoms with E-state index in [-0.39, 0.29) is 0 Å². The summed E-state index contributed by atoms with van der Waals surface area (Å²) in [5.41, 5.74) is 6.92. The van der Waals surface area contributed by atoms with Crippen molar-refractivity contribution in [3.8, 4) is 0 Å². The Labute approximate surface area is 104 Å². The second-order valence-corrected chi connectivity index (χ2v) is 4.95. The molecule has 1 aliphatic heterocycles. The first-order chi connectivity index (χ1) is 8.40. The summed E-state index contributed by atoms with van der Waals surface area (Å²) >= 11 is 1.67. The number of morpholine rings is 1.